The lowest BCUT2D eigenvalue weighted by Gasteiger charge is -2.14. The molecular formula is C32H50O2. The highest BCUT2D eigenvalue weighted by Crippen LogP contribution is 2.30. The maximum atomic E-state index is 6.46. The fourth-order valence-electron chi connectivity index (χ4n) is 4.28. The van der Waals surface area contributed by atoms with Gasteiger partial charge in [-0.3, -0.25) is 0 Å². The third-order valence-electron chi connectivity index (χ3n) is 6.47. The predicted octanol–water partition coefficient (Wildman–Crippen LogP) is 10.1. The van der Waals surface area contributed by atoms with Gasteiger partial charge in [0.05, 0.1) is 13.2 Å². The molecule has 0 bridgehead atoms. The van der Waals surface area contributed by atoms with Crippen LogP contribution in [0.25, 0.3) is 0 Å². The Balaban J connectivity index is 0.00000126. The van der Waals surface area contributed by atoms with Crippen molar-refractivity contribution < 1.29 is 9.47 Å². The fraction of sp³-hybridized carbons (Fsp3) is 0.625. The number of aryl methyl sites for hydroxylation is 2. The average molecular weight is 467 g/mol. The zero-order chi connectivity index (χ0) is 24.1. The third kappa shape index (κ3) is 13.8. The molecule has 1 saturated heterocycles. The molecule has 2 nitrogen and oxygen atoms in total. The molecule has 0 atom stereocenters. The van der Waals surface area contributed by atoms with Gasteiger partial charge in [0.2, 0.25) is 0 Å². The molecule has 0 aliphatic carbocycles. The molecule has 1 aliphatic heterocycles. The van der Waals surface area contributed by atoms with E-state index < -0.39 is 0 Å². The molecule has 1 fully saturated rings. The first-order chi connectivity index (χ1) is 16.8. The highest BCUT2D eigenvalue weighted by molar-refractivity contribution is 5.41. The van der Waals surface area contributed by atoms with Gasteiger partial charge in [-0.2, -0.15) is 0 Å². The topological polar surface area (TPSA) is 21.8 Å². The van der Waals surface area contributed by atoms with Crippen molar-refractivity contribution in [1.29, 1.82) is 0 Å². The number of benzene rings is 2. The number of rotatable bonds is 18. The normalized spacial score (nSPS) is 12.2. The molecule has 3 rings (SSSR count). The summed E-state index contributed by atoms with van der Waals surface area (Å²) in [5.41, 5.74) is 2.70. The quantitative estimate of drug-likeness (QED) is 0.161. The smallest absolute Gasteiger partial charge is 0.130 e. The number of ether oxygens (including phenoxy) is 2. The minimum absolute atomic E-state index is 1.00. The number of hydrogen-bond acceptors (Lipinski definition) is 2. The van der Waals surface area contributed by atoms with Crippen LogP contribution in [0.3, 0.4) is 0 Å². The molecule has 0 amide bonds. The Bertz CT molecular complexity index is 675. The van der Waals surface area contributed by atoms with Gasteiger partial charge in [-0.1, -0.05) is 127 Å². The van der Waals surface area contributed by atoms with E-state index in [2.05, 4.69) is 67.1 Å². The summed E-state index contributed by atoms with van der Waals surface area (Å²) in [7, 11) is 0. The molecule has 2 heteroatoms. The minimum atomic E-state index is 1.00. The van der Waals surface area contributed by atoms with Crippen LogP contribution in [-0.2, 0) is 17.6 Å². The molecule has 2 aromatic carbocycles. The maximum Gasteiger partial charge on any atom is 0.130 e. The van der Waals surface area contributed by atoms with Gasteiger partial charge in [-0.25, -0.2) is 0 Å². The Morgan fingerprint density at radius 1 is 0.529 bits per heavy atom. The molecule has 0 saturated carbocycles. The van der Waals surface area contributed by atoms with Crippen LogP contribution in [0.15, 0.2) is 48.5 Å². The molecule has 2 aromatic rings. The molecule has 190 valence electrons. The summed E-state index contributed by atoms with van der Waals surface area (Å²) in [6.07, 6.45) is 21.1. The molecule has 0 unspecified atom stereocenters. The van der Waals surface area contributed by atoms with E-state index in [1.54, 1.807) is 0 Å². The summed E-state index contributed by atoms with van der Waals surface area (Å²) in [4.78, 5) is 0. The first-order valence-electron chi connectivity index (χ1n) is 14.3. The van der Waals surface area contributed by atoms with Crippen LogP contribution in [0, 0.1) is 0 Å². The van der Waals surface area contributed by atoms with Crippen molar-refractivity contribution in [3.63, 3.8) is 0 Å². The van der Waals surface area contributed by atoms with Crippen molar-refractivity contribution in [1.82, 2.24) is 0 Å². The van der Waals surface area contributed by atoms with Crippen molar-refractivity contribution in [3.8, 4) is 11.5 Å². The predicted molar refractivity (Wildman–Crippen MR) is 147 cm³/mol. The van der Waals surface area contributed by atoms with Crippen molar-refractivity contribution >= 4 is 0 Å². The second-order valence-corrected chi connectivity index (χ2v) is 9.67. The summed E-state index contributed by atoms with van der Waals surface area (Å²) in [5.74, 6) is 2.08. The first-order valence-corrected chi connectivity index (χ1v) is 14.3. The summed E-state index contributed by atoms with van der Waals surface area (Å²) in [5, 5.41) is 0. The molecule has 0 N–H and O–H groups in total. The SMILES string of the molecule is C1CO1.CCCCCCCCCc1ccccc1Oc1ccccc1CCCCCCCCC. The highest BCUT2D eigenvalue weighted by Gasteiger charge is 2.08. The molecule has 34 heavy (non-hydrogen) atoms. The lowest BCUT2D eigenvalue weighted by atomic mass is 10.0. The zero-order valence-electron chi connectivity index (χ0n) is 22.2. The average Bonchev–Trinajstić information content (AvgIpc) is 3.75. The van der Waals surface area contributed by atoms with Gasteiger partial charge in [-0.15, -0.1) is 0 Å². The minimum Gasteiger partial charge on any atom is -0.457 e. The van der Waals surface area contributed by atoms with Crippen molar-refractivity contribution in [2.75, 3.05) is 13.2 Å². The Morgan fingerprint density at radius 2 is 0.882 bits per heavy atom. The van der Waals surface area contributed by atoms with Crippen LogP contribution >= 0.6 is 0 Å². The fourth-order valence-corrected chi connectivity index (χ4v) is 4.28. The number of para-hydroxylation sites is 2. The van der Waals surface area contributed by atoms with Gasteiger partial charge in [-0.05, 0) is 48.9 Å². The monoisotopic (exact) mass is 466 g/mol. The van der Waals surface area contributed by atoms with Gasteiger partial charge < -0.3 is 9.47 Å². The summed E-state index contributed by atoms with van der Waals surface area (Å²) in [6.45, 7) is 6.56. The highest BCUT2D eigenvalue weighted by atomic mass is 16.6. The van der Waals surface area contributed by atoms with Crippen molar-refractivity contribution in [2.45, 2.75) is 117 Å². The lowest BCUT2D eigenvalue weighted by Crippen LogP contribution is -1.96. The van der Waals surface area contributed by atoms with E-state index in [4.69, 9.17) is 4.74 Å². The largest absolute Gasteiger partial charge is 0.457 e. The third-order valence-corrected chi connectivity index (χ3v) is 6.47. The molecular weight excluding hydrogens is 416 g/mol. The van der Waals surface area contributed by atoms with Gasteiger partial charge in [0.15, 0.2) is 0 Å². The summed E-state index contributed by atoms with van der Waals surface area (Å²) < 4.78 is 11.0. The van der Waals surface area contributed by atoms with Gasteiger partial charge in [0.25, 0.3) is 0 Å². The van der Waals surface area contributed by atoms with Crippen LogP contribution < -0.4 is 4.74 Å². The molecule has 0 radical (unpaired) electrons. The number of epoxide rings is 1. The summed E-state index contributed by atoms with van der Waals surface area (Å²) in [6, 6.07) is 17.3. The van der Waals surface area contributed by atoms with Crippen LogP contribution in [0.5, 0.6) is 11.5 Å². The second kappa shape index (κ2) is 19.5. The molecule has 1 heterocycles. The van der Waals surface area contributed by atoms with Crippen LogP contribution in [0.4, 0.5) is 0 Å². The Hall–Kier alpha value is -1.80. The Labute approximate surface area is 210 Å². The van der Waals surface area contributed by atoms with Gasteiger partial charge >= 0.3 is 0 Å². The first kappa shape index (κ1) is 28.4. The lowest BCUT2D eigenvalue weighted by molar-refractivity contribution is 0.466. The van der Waals surface area contributed by atoms with E-state index in [0.29, 0.717) is 0 Å². The van der Waals surface area contributed by atoms with Crippen LogP contribution in [0.1, 0.15) is 115 Å². The van der Waals surface area contributed by atoms with E-state index in [0.717, 1.165) is 37.6 Å². The maximum absolute atomic E-state index is 6.46. The summed E-state index contributed by atoms with van der Waals surface area (Å²) >= 11 is 0. The van der Waals surface area contributed by atoms with E-state index in [9.17, 15) is 0 Å². The molecule has 1 aliphatic rings. The number of hydrogen-bond donors (Lipinski definition) is 0. The van der Waals surface area contributed by atoms with Crippen molar-refractivity contribution in [3.05, 3.63) is 59.7 Å². The Kier molecular flexibility index (Phi) is 16.3. The Morgan fingerprint density at radius 3 is 1.26 bits per heavy atom. The van der Waals surface area contributed by atoms with E-state index in [-0.39, 0.29) is 0 Å². The second-order valence-electron chi connectivity index (χ2n) is 9.67. The molecule has 0 spiro atoms. The van der Waals surface area contributed by atoms with Gasteiger partial charge in [0, 0.05) is 0 Å². The van der Waals surface area contributed by atoms with Gasteiger partial charge in [0.1, 0.15) is 11.5 Å². The zero-order valence-corrected chi connectivity index (χ0v) is 22.2. The van der Waals surface area contributed by atoms with E-state index in [1.165, 1.54) is 101 Å². The standard InChI is InChI=1S/C30H46O.C2H4O/c1-3-5-7-9-11-13-15-21-27-23-17-19-25-29(27)31-30-26-20-18-24-28(30)22-16-14-12-10-8-6-4-2;1-2-3-1/h17-20,23-26H,3-16,21-22H2,1-2H3;1-2H2. The number of unbranched alkanes of at least 4 members (excludes halogenated alkanes) is 12. The molecule has 0 aromatic heterocycles. The van der Waals surface area contributed by atoms with E-state index in [1.807, 2.05) is 0 Å². The van der Waals surface area contributed by atoms with E-state index >= 15 is 0 Å². The van der Waals surface area contributed by atoms with Crippen LogP contribution in [-0.4, -0.2) is 13.2 Å². The van der Waals surface area contributed by atoms with Crippen LogP contribution in [0.2, 0.25) is 0 Å². The van der Waals surface area contributed by atoms with Crippen molar-refractivity contribution in [2.24, 2.45) is 0 Å².